The van der Waals surface area contributed by atoms with E-state index in [1.165, 1.54) is 22.7 Å². The summed E-state index contributed by atoms with van der Waals surface area (Å²) >= 11 is 2.67. The van der Waals surface area contributed by atoms with Gasteiger partial charge in [0, 0.05) is 10.9 Å². The summed E-state index contributed by atoms with van der Waals surface area (Å²) in [6.45, 7) is 0. The van der Waals surface area contributed by atoms with E-state index in [0.29, 0.717) is 36.3 Å². The van der Waals surface area contributed by atoms with Crippen LogP contribution in [0.5, 0.6) is 0 Å². The zero-order valence-electron chi connectivity index (χ0n) is 17.5. The van der Waals surface area contributed by atoms with Gasteiger partial charge in [0.2, 0.25) is 17.7 Å². The van der Waals surface area contributed by atoms with Crippen LogP contribution < -0.4 is 5.32 Å². The lowest BCUT2D eigenvalue weighted by Crippen LogP contribution is -2.48. The zero-order chi connectivity index (χ0) is 22.8. The van der Waals surface area contributed by atoms with Gasteiger partial charge in [-0.15, -0.1) is 11.3 Å². The highest BCUT2D eigenvalue weighted by atomic mass is 32.2. The highest BCUT2D eigenvalue weighted by Crippen LogP contribution is 2.39. The van der Waals surface area contributed by atoms with Crippen LogP contribution in [0.3, 0.4) is 0 Å². The van der Waals surface area contributed by atoms with E-state index in [9.17, 15) is 23.2 Å². The normalized spacial score (nSPS) is 21.5. The fourth-order valence-electron chi connectivity index (χ4n) is 4.41. The summed E-state index contributed by atoms with van der Waals surface area (Å²) in [4.78, 5) is 44.6. The average molecular weight is 480 g/mol. The number of carbonyl (C=O) groups is 3. The maximum Gasteiger partial charge on any atom is 0.249 e. The second kappa shape index (κ2) is 9.66. The van der Waals surface area contributed by atoms with Crippen LogP contribution in [-0.2, 0) is 14.4 Å². The van der Waals surface area contributed by atoms with Crippen LogP contribution in [0.15, 0.2) is 23.6 Å². The lowest BCUT2D eigenvalue weighted by Gasteiger charge is -2.25. The minimum atomic E-state index is -0.981. The van der Waals surface area contributed by atoms with Gasteiger partial charge in [0.1, 0.15) is 6.04 Å². The first-order chi connectivity index (χ1) is 15.4. The molecule has 0 spiro atoms. The Morgan fingerprint density at radius 1 is 1.22 bits per heavy atom. The predicted molar refractivity (Wildman–Crippen MR) is 120 cm³/mol. The second-order valence-electron chi connectivity index (χ2n) is 8.00. The van der Waals surface area contributed by atoms with Crippen molar-refractivity contribution in [3.63, 3.8) is 0 Å². The van der Waals surface area contributed by atoms with Crippen LogP contribution in [-0.4, -0.2) is 45.7 Å². The molecule has 1 saturated heterocycles. The van der Waals surface area contributed by atoms with E-state index in [1.807, 2.05) is 6.26 Å². The lowest BCUT2D eigenvalue weighted by atomic mass is 9.81. The first-order valence-electron chi connectivity index (χ1n) is 10.5. The number of thiazole rings is 1. The van der Waals surface area contributed by atoms with E-state index >= 15 is 0 Å². The number of halogens is 2. The van der Waals surface area contributed by atoms with Crippen molar-refractivity contribution in [3.05, 3.63) is 35.2 Å². The molecule has 32 heavy (non-hydrogen) atoms. The summed E-state index contributed by atoms with van der Waals surface area (Å²) in [5, 5.41) is 4.60. The van der Waals surface area contributed by atoms with Crippen LogP contribution in [0.2, 0.25) is 0 Å². The van der Waals surface area contributed by atoms with E-state index in [2.05, 4.69) is 10.3 Å². The van der Waals surface area contributed by atoms with Gasteiger partial charge in [0.15, 0.2) is 16.8 Å². The predicted octanol–water partition coefficient (Wildman–Crippen LogP) is 4.32. The molecule has 2 aliphatic rings. The highest BCUT2D eigenvalue weighted by molar-refractivity contribution is 7.98. The second-order valence-corrected chi connectivity index (χ2v) is 9.84. The highest BCUT2D eigenvalue weighted by Gasteiger charge is 2.51. The molecule has 1 aliphatic heterocycles. The first kappa shape index (κ1) is 22.8. The topological polar surface area (TPSA) is 79.4 Å². The summed E-state index contributed by atoms with van der Waals surface area (Å²) in [5.41, 5.74) is 0.776. The maximum absolute atomic E-state index is 13.5. The molecule has 2 heterocycles. The Hall–Kier alpha value is -2.33. The number of imide groups is 1. The fourth-order valence-corrected chi connectivity index (χ4v) is 5.59. The monoisotopic (exact) mass is 479 g/mol. The Labute approximate surface area is 192 Å². The molecule has 3 amide bonds. The molecule has 1 aromatic carbocycles. The summed E-state index contributed by atoms with van der Waals surface area (Å²) in [6.07, 6.45) is 5.46. The molecule has 0 bridgehead atoms. The number of anilines is 1. The molecule has 3 atom stereocenters. The number of likely N-dealkylation sites (tertiary alicyclic amines) is 1. The number of benzene rings is 1. The van der Waals surface area contributed by atoms with Gasteiger partial charge in [0.05, 0.1) is 17.5 Å². The van der Waals surface area contributed by atoms with Crippen molar-refractivity contribution in [1.82, 2.24) is 9.88 Å². The number of fused-ring (bicyclic) bond motifs is 1. The van der Waals surface area contributed by atoms with E-state index < -0.39 is 23.6 Å². The molecule has 2 aromatic rings. The van der Waals surface area contributed by atoms with Gasteiger partial charge in [-0.25, -0.2) is 13.8 Å². The fraction of sp³-hybridized carbons (Fsp3) is 0.455. The SMILES string of the molecule is CSCCC(C(=O)Nc1nc(-c2ccc(F)c(F)c2)cs1)N1C(=O)C2CCCCC2C1=O. The molecule has 1 saturated carbocycles. The molecule has 1 N–H and O–H groups in total. The Morgan fingerprint density at radius 3 is 2.53 bits per heavy atom. The lowest BCUT2D eigenvalue weighted by molar-refractivity contribution is -0.146. The Balaban J connectivity index is 1.53. The Morgan fingerprint density at radius 2 is 1.91 bits per heavy atom. The van der Waals surface area contributed by atoms with E-state index in [1.54, 1.807) is 5.38 Å². The van der Waals surface area contributed by atoms with E-state index in [4.69, 9.17) is 0 Å². The van der Waals surface area contributed by atoms with Crippen LogP contribution in [0.25, 0.3) is 11.3 Å². The number of hydrogen-bond donors (Lipinski definition) is 1. The number of amides is 3. The van der Waals surface area contributed by atoms with Crippen molar-refractivity contribution in [1.29, 1.82) is 0 Å². The summed E-state index contributed by atoms with van der Waals surface area (Å²) in [7, 11) is 0. The summed E-state index contributed by atoms with van der Waals surface area (Å²) < 4.78 is 26.7. The smallest absolute Gasteiger partial charge is 0.249 e. The number of carbonyl (C=O) groups excluding carboxylic acids is 3. The van der Waals surface area contributed by atoms with E-state index in [-0.39, 0.29) is 28.8 Å². The van der Waals surface area contributed by atoms with Crippen LogP contribution >= 0.6 is 23.1 Å². The van der Waals surface area contributed by atoms with Gasteiger partial charge < -0.3 is 5.32 Å². The van der Waals surface area contributed by atoms with Crippen molar-refractivity contribution in [2.24, 2.45) is 11.8 Å². The van der Waals surface area contributed by atoms with Crippen molar-refractivity contribution < 1.29 is 23.2 Å². The Kier molecular flexibility index (Phi) is 6.90. The van der Waals surface area contributed by atoms with Crippen molar-refractivity contribution in [3.8, 4) is 11.3 Å². The van der Waals surface area contributed by atoms with Gasteiger partial charge in [-0.2, -0.15) is 11.8 Å². The first-order valence-corrected chi connectivity index (χ1v) is 12.8. The van der Waals surface area contributed by atoms with Crippen molar-refractivity contribution >= 4 is 46.0 Å². The summed E-state index contributed by atoms with van der Waals surface area (Å²) in [5.74, 6) is -2.92. The number of rotatable bonds is 7. The quantitative estimate of drug-likeness (QED) is 0.599. The van der Waals surface area contributed by atoms with Gasteiger partial charge >= 0.3 is 0 Å². The number of thioether (sulfide) groups is 1. The molecular weight excluding hydrogens is 456 g/mol. The number of hydrogen-bond acceptors (Lipinski definition) is 6. The third-order valence-corrected chi connectivity index (χ3v) is 7.44. The Bertz CT molecular complexity index is 1020. The molecule has 6 nitrogen and oxygen atoms in total. The van der Waals surface area contributed by atoms with Crippen LogP contribution in [0, 0.1) is 23.5 Å². The largest absolute Gasteiger partial charge is 0.300 e. The zero-order valence-corrected chi connectivity index (χ0v) is 19.1. The molecule has 170 valence electrons. The number of nitrogens with zero attached hydrogens (tertiary/aromatic N) is 2. The van der Waals surface area contributed by atoms with Gasteiger partial charge in [0.25, 0.3) is 0 Å². The standard InChI is InChI=1S/C22H23F2N3O3S2/c1-31-9-8-18(27-20(29)13-4-2-3-5-14(13)21(27)30)19(28)26-22-25-17(11-32-22)12-6-7-15(23)16(24)10-12/h6-7,10-11,13-14,18H,2-5,8-9H2,1H3,(H,25,26,28). The molecule has 10 heteroatoms. The molecule has 4 rings (SSSR count). The molecule has 1 aliphatic carbocycles. The van der Waals surface area contributed by atoms with Crippen molar-refractivity contribution in [2.75, 3.05) is 17.3 Å². The maximum atomic E-state index is 13.5. The molecule has 0 radical (unpaired) electrons. The van der Waals surface area contributed by atoms with Gasteiger partial charge in [-0.3, -0.25) is 19.3 Å². The molecular formula is C22H23F2N3O3S2. The van der Waals surface area contributed by atoms with E-state index in [0.717, 1.165) is 36.3 Å². The van der Waals surface area contributed by atoms with Crippen molar-refractivity contribution in [2.45, 2.75) is 38.1 Å². The summed E-state index contributed by atoms with van der Waals surface area (Å²) in [6, 6.07) is 2.57. The minimum absolute atomic E-state index is 0.248. The molecule has 1 aromatic heterocycles. The molecule has 3 unspecified atom stereocenters. The van der Waals surface area contributed by atoms with Gasteiger partial charge in [-0.05, 0) is 49.5 Å². The van der Waals surface area contributed by atoms with Crippen LogP contribution in [0.4, 0.5) is 13.9 Å². The third kappa shape index (κ3) is 4.43. The van der Waals surface area contributed by atoms with Crippen LogP contribution in [0.1, 0.15) is 32.1 Å². The van der Waals surface area contributed by atoms with Gasteiger partial charge in [-0.1, -0.05) is 12.8 Å². The average Bonchev–Trinajstić information content (AvgIpc) is 3.34. The number of aromatic nitrogens is 1. The minimum Gasteiger partial charge on any atom is -0.300 e. The molecule has 2 fully saturated rings. The number of nitrogens with one attached hydrogen (secondary N) is 1. The third-order valence-electron chi connectivity index (χ3n) is 6.03.